The molecular formula is C20H24N8O. The van der Waals surface area contributed by atoms with E-state index in [-0.39, 0.29) is 12.1 Å². The fraction of sp³-hybridized carbons (Fsp3) is 0.350. The maximum absolute atomic E-state index is 13.0. The van der Waals surface area contributed by atoms with Gasteiger partial charge in [-0.3, -0.25) is 4.79 Å². The predicted octanol–water partition coefficient (Wildman–Crippen LogP) is 0.953. The Morgan fingerprint density at radius 1 is 1.31 bits per heavy atom. The number of hydrazine groups is 1. The van der Waals surface area contributed by atoms with E-state index in [2.05, 4.69) is 25.9 Å². The van der Waals surface area contributed by atoms with Crippen molar-refractivity contribution in [2.45, 2.75) is 19.0 Å². The molecular weight excluding hydrogens is 368 g/mol. The first-order valence-corrected chi connectivity index (χ1v) is 9.89. The largest absolute Gasteiger partial charge is 0.365 e. The van der Waals surface area contributed by atoms with Gasteiger partial charge in [-0.25, -0.2) is 15.4 Å². The van der Waals surface area contributed by atoms with Crippen LogP contribution in [-0.2, 0) is 4.79 Å². The number of nitrogens with one attached hydrogen (secondary N) is 3. The highest BCUT2D eigenvalue weighted by molar-refractivity contribution is 6.10. The van der Waals surface area contributed by atoms with Gasteiger partial charge in [0, 0.05) is 62.6 Å². The zero-order chi connectivity index (χ0) is 19.8. The second-order valence-electron chi connectivity index (χ2n) is 7.48. The molecule has 0 aromatic carbocycles. The van der Waals surface area contributed by atoms with Gasteiger partial charge in [-0.05, 0) is 31.1 Å². The SMILES string of the molecule is CN1C=C(C2=NN3C(C(=O)Nc4ccnc(N5CCCC5)c4)=CNC3C=C2)CN1. The quantitative estimate of drug-likeness (QED) is 0.703. The predicted molar refractivity (Wildman–Crippen MR) is 112 cm³/mol. The number of anilines is 2. The number of hydrogen-bond acceptors (Lipinski definition) is 8. The lowest BCUT2D eigenvalue weighted by Gasteiger charge is -2.25. The van der Waals surface area contributed by atoms with E-state index in [1.165, 1.54) is 12.8 Å². The Hall–Kier alpha value is -3.33. The number of aromatic nitrogens is 1. The summed E-state index contributed by atoms with van der Waals surface area (Å²) in [6, 6.07) is 3.74. The van der Waals surface area contributed by atoms with Gasteiger partial charge in [0.15, 0.2) is 0 Å². The second-order valence-corrected chi connectivity index (χ2v) is 7.48. The van der Waals surface area contributed by atoms with Crippen LogP contribution in [0.5, 0.6) is 0 Å². The fourth-order valence-electron chi connectivity index (χ4n) is 3.88. The molecule has 0 saturated carbocycles. The molecule has 1 aromatic rings. The van der Waals surface area contributed by atoms with E-state index in [0.29, 0.717) is 12.2 Å². The molecule has 29 heavy (non-hydrogen) atoms. The lowest BCUT2D eigenvalue weighted by molar-refractivity contribution is -0.114. The Morgan fingerprint density at radius 2 is 2.17 bits per heavy atom. The number of rotatable bonds is 4. The van der Waals surface area contributed by atoms with Crippen molar-refractivity contribution in [1.82, 2.24) is 25.7 Å². The van der Waals surface area contributed by atoms with Crippen molar-refractivity contribution >= 4 is 23.1 Å². The summed E-state index contributed by atoms with van der Waals surface area (Å²) in [5.74, 6) is 0.704. The third-order valence-corrected chi connectivity index (χ3v) is 5.42. The Kier molecular flexibility index (Phi) is 4.44. The summed E-state index contributed by atoms with van der Waals surface area (Å²) in [7, 11) is 1.95. The Balaban J connectivity index is 1.31. The van der Waals surface area contributed by atoms with Crippen LogP contribution >= 0.6 is 0 Å². The number of allylic oxidation sites excluding steroid dienone is 1. The number of fused-ring (bicyclic) bond motifs is 1. The van der Waals surface area contributed by atoms with Gasteiger partial charge in [-0.15, -0.1) is 0 Å². The molecule has 3 N–H and O–H groups in total. The van der Waals surface area contributed by atoms with Crippen molar-refractivity contribution in [2.75, 3.05) is 36.9 Å². The minimum atomic E-state index is -0.201. The first-order chi connectivity index (χ1) is 14.2. The molecule has 1 fully saturated rings. The number of carbonyl (C=O) groups excluding carboxylic acids is 1. The molecule has 9 nitrogen and oxygen atoms in total. The lowest BCUT2D eigenvalue weighted by atomic mass is 10.1. The molecule has 1 unspecified atom stereocenters. The number of carbonyl (C=O) groups is 1. The Bertz CT molecular complexity index is 944. The number of amides is 1. The maximum Gasteiger partial charge on any atom is 0.275 e. The average molecular weight is 392 g/mol. The van der Waals surface area contributed by atoms with Crippen molar-refractivity contribution in [3.8, 4) is 0 Å². The van der Waals surface area contributed by atoms with Crippen LogP contribution in [0.3, 0.4) is 0 Å². The van der Waals surface area contributed by atoms with Gasteiger partial charge in [0.25, 0.3) is 5.91 Å². The zero-order valence-corrected chi connectivity index (χ0v) is 16.3. The summed E-state index contributed by atoms with van der Waals surface area (Å²) in [5, 5.41) is 14.5. The van der Waals surface area contributed by atoms with Crippen LogP contribution in [0.1, 0.15) is 12.8 Å². The normalized spacial score (nSPS) is 22.9. The number of pyridine rings is 1. The monoisotopic (exact) mass is 392 g/mol. The van der Waals surface area contributed by atoms with Crippen LogP contribution < -0.4 is 21.0 Å². The molecule has 5 heterocycles. The van der Waals surface area contributed by atoms with E-state index in [9.17, 15) is 4.79 Å². The number of hydrogen-bond donors (Lipinski definition) is 3. The van der Waals surface area contributed by atoms with Gasteiger partial charge in [0.05, 0.1) is 5.71 Å². The van der Waals surface area contributed by atoms with Crippen molar-refractivity contribution in [3.63, 3.8) is 0 Å². The van der Waals surface area contributed by atoms with Gasteiger partial charge in [-0.2, -0.15) is 5.10 Å². The molecule has 1 saturated heterocycles. The molecule has 1 atom stereocenters. The van der Waals surface area contributed by atoms with Crippen LogP contribution in [0.2, 0.25) is 0 Å². The van der Waals surface area contributed by atoms with Crippen molar-refractivity contribution < 1.29 is 4.79 Å². The molecule has 0 radical (unpaired) electrons. The second kappa shape index (κ2) is 7.25. The molecule has 0 aliphatic carbocycles. The molecule has 9 heteroatoms. The summed E-state index contributed by atoms with van der Waals surface area (Å²) < 4.78 is 0. The van der Waals surface area contributed by atoms with Gasteiger partial charge in [0.1, 0.15) is 17.7 Å². The lowest BCUT2D eigenvalue weighted by Crippen LogP contribution is -2.37. The summed E-state index contributed by atoms with van der Waals surface area (Å²) in [4.78, 5) is 19.6. The van der Waals surface area contributed by atoms with Crippen molar-refractivity contribution in [3.05, 3.63) is 54.2 Å². The van der Waals surface area contributed by atoms with Crippen LogP contribution in [0, 0.1) is 0 Å². The highest BCUT2D eigenvalue weighted by Crippen LogP contribution is 2.25. The molecule has 150 valence electrons. The molecule has 1 aromatic heterocycles. The summed E-state index contributed by atoms with van der Waals surface area (Å²) >= 11 is 0. The van der Waals surface area contributed by atoms with Gasteiger partial charge < -0.3 is 20.5 Å². The van der Waals surface area contributed by atoms with Crippen LogP contribution in [-0.4, -0.2) is 59.5 Å². The summed E-state index contributed by atoms with van der Waals surface area (Å²) in [6.45, 7) is 2.74. The van der Waals surface area contributed by atoms with E-state index in [0.717, 1.165) is 35.9 Å². The first-order valence-electron chi connectivity index (χ1n) is 9.89. The van der Waals surface area contributed by atoms with E-state index < -0.39 is 0 Å². The van der Waals surface area contributed by atoms with Gasteiger partial charge in [-0.1, -0.05) is 0 Å². The van der Waals surface area contributed by atoms with Crippen molar-refractivity contribution in [2.24, 2.45) is 5.10 Å². The van der Waals surface area contributed by atoms with E-state index in [1.54, 1.807) is 17.4 Å². The first kappa shape index (κ1) is 17.7. The highest BCUT2D eigenvalue weighted by Gasteiger charge is 2.32. The fourth-order valence-corrected chi connectivity index (χ4v) is 3.88. The summed E-state index contributed by atoms with van der Waals surface area (Å²) in [6.07, 6.45) is 11.7. The molecule has 4 aliphatic rings. The van der Waals surface area contributed by atoms with Crippen LogP contribution in [0.4, 0.5) is 11.5 Å². The minimum Gasteiger partial charge on any atom is -0.365 e. The standard InChI is InChI=1S/C20H24N8O/c1-26-13-14(11-23-26)16-4-5-18-22-12-17(28(18)25-16)20(29)24-15-6-7-21-19(10-15)27-8-2-3-9-27/h4-7,10,12-13,18,22-23H,2-3,8-9,11H2,1H3,(H,21,24,29). The van der Waals surface area contributed by atoms with Gasteiger partial charge in [0.2, 0.25) is 0 Å². The van der Waals surface area contributed by atoms with E-state index >= 15 is 0 Å². The number of hydrazone groups is 1. The highest BCUT2D eigenvalue weighted by atomic mass is 16.2. The average Bonchev–Trinajstić information content (AvgIpc) is 3.48. The van der Waals surface area contributed by atoms with Crippen LogP contribution in [0.25, 0.3) is 0 Å². The number of nitrogens with zero attached hydrogens (tertiary/aromatic N) is 5. The molecule has 0 bridgehead atoms. The topological polar surface area (TPSA) is 88.1 Å². The summed E-state index contributed by atoms with van der Waals surface area (Å²) in [5.41, 5.74) is 6.36. The third-order valence-electron chi connectivity index (χ3n) is 5.42. The minimum absolute atomic E-state index is 0.148. The Labute approximate surface area is 169 Å². The third kappa shape index (κ3) is 3.44. The molecule has 1 amide bonds. The smallest absolute Gasteiger partial charge is 0.275 e. The molecule has 0 spiro atoms. The van der Waals surface area contributed by atoms with E-state index in [4.69, 9.17) is 5.10 Å². The molecule has 4 aliphatic heterocycles. The maximum atomic E-state index is 13.0. The van der Waals surface area contributed by atoms with Crippen LogP contribution in [0.15, 0.2) is 59.3 Å². The van der Waals surface area contributed by atoms with Gasteiger partial charge >= 0.3 is 0 Å². The van der Waals surface area contributed by atoms with E-state index in [1.807, 2.05) is 42.5 Å². The Morgan fingerprint density at radius 3 is 2.97 bits per heavy atom. The zero-order valence-electron chi connectivity index (χ0n) is 16.3. The van der Waals surface area contributed by atoms with Crippen molar-refractivity contribution in [1.29, 1.82) is 0 Å². The molecule has 5 rings (SSSR count).